The van der Waals surface area contributed by atoms with Gasteiger partial charge in [0.2, 0.25) is 5.91 Å². The van der Waals surface area contributed by atoms with E-state index >= 15 is 0 Å². The summed E-state index contributed by atoms with van der Waals surface area (Å²) >= 11 is 6.13. The molecule has 0 saturated heterocycles. The van der Waals surface area contributed by atoms with Crippen LogP contribution < -0.4 is 9.64 Å². The number of hydrogen-bond donors (Lipinski definition) is 0. The van der Waals surface area contributed by atoms with Crippen LogP contribution in [0.5, 0.6) is 5.75 Å². The van der Waals surface area contributed by atoms with Crippen LogP contribution in [0, 0.1) is 0 Å². The largest absolute Gasteiger partial charge is 0.485 e. The van der Waals surface area contributed by atoms with E-state index < -0.39 is 0 Å². The molecule has 1 aliphatic rings. The van der Waals surface area contributed by atoms with Crippen molar-refractivity contribution in [2.75, 3.05) is 11.4 Å². The van der Waals surface area contributed by atoms with Gasteiger partial charge in [0.05, 0.1) is 23.5 Å². The first-order valence-corrected chi connectivity index (χ1v) is 6.62. The van der Waals surface area contributed by atoms with Gasteiger partial charge in [-0.2, -0.15) is 0 Å². The Bertz CT molecular complexity index is 629. The molecule has 20 heavy (non-hydrogen) atoms. The van der Waals surface area contributed by atoms with Gasteiger partial charge in [0, 0.05) is 6.20 Å². The number of nitrogens with zero attached hydrogens (tertiary/aromatic N) is 4. The van der Waals surface area contributed by atoms with Crippen molar-refractivity contribution in [3.8, 4) is 5.75 Å². The molecule has 7 heteroatoms. The van der Waals surface area contributed by atoms with E-state index in [1.165, 1.54) is 4.68 Å². The smallest absolute Gasteiger partial charge is 0.249 e. The van der Waals surface area contributed by atoms with Crippen LogP contribution in [0.15, 0.2) is 30.6 Å². The molecule has 2 heterocycles. The zero-order valence-electron chi connectivity index (χ0n) is 10.9. The van der Waals surface area contributed by atoms with E-state index in [0.717, 1.165) is 0 Å². The Morgan fingerprint density at radius 1 is 1.55 bits per heavy atom. The highest BCUT2D eigenvalue weighted by Gasteiger charge is 2.29. The van der Waals surface area contributed by atoms with Gasteiger partial charge in [-0.1, -0.05) is 22.9 Å². The molecule has 1 unspecified atom stereocenters. The molecule has 104 valence electrons. The summed E-state index contributed by atoms with van der Waals surface area (Å²) in [6, 6.07) is 5.38. The highest BCUT2D eigenvalue weighted by Crippen LogP contribution is 2.39. The number of fused-ring (bicyclic) bond motifs is 1. The SMILES string of the molecule is CC1CN(C(=O)Cn2ccnn2)c2cccc(Cl)c2O1. The Balaban J connectivity index is 1.90. The van der Waals surface area contributed by atoms with Crippen molar-refractivity contribution in [1.82, 2.24) is 15.0 Å². The highest BCUT2D eigenvalue weighted by molar-refractivity contribution is 6.32. The first-order chi connectivity index (χ1) is 9.65. The minimum Gasteiger partial charge on any atom is -0.485 e. The molecule has 1 aliphatic heterocycles. The van der Waals surface area contributed by atoms with Gasteiger partial charge >= 0.3 is 0 Å². The Morgan fingerprint density at radius 3 is 3.15 bits per heavy atom. The van der Waals surface area contributed by atoms with E-state index in [0.29, 0.717) is 23.0 Å². The van der Waals surface area contributed by atoms with Gasteiger partial charge in [0.1, 0.15) is 12.6 Å². The van der Waals surface area contributed by atoms with Gasteiger partial charge in [-0.15, -0.1) is 5.10 Å². The molecular weight excluding hydrogens is 280 g/mol. The topological polar surface area (TPSA) is 60.2 Å². The number of amides is 1. The van der Waals surface area contributed by atoms with Gasteiger partial charge in [0.25, 0.3) is 0 Å². The molecule has 0 radical (unpaired) electrons. The number of carbonyl (C=O) groups is 1. The van der Waals surface area contributed by atoms with E-state index in [9.17, 15) is 4.79 Å². The number of ether oxygens (including phenoxy) is 1. The van der Waals surface area contributed by atoms with E-state index in [2.05, 4.69) is 10.3 Å². The van der Waals surface area contributed by atoms with Crippen LogP contribution in [0.4, 0.5) is 5.69 Å². The van der Waals surface area contributed by atoms with Crippen LogP contribution in [0.25, 0.3) is 0 Å². The highest BCUT2D eigenvalue weighted by atomic mass is 35.5. The molecule has 1 aromatic heterocycles. The molecular formula is C13H13ClN4O2. The predicted molar refractivity (Wildman–Crippen MR) is 73.9 cm³/mol. The lowest BCUT2D eigenvalue weighted by atomic mass is 10.2. The molecule has 6 nitrogen and oxygen atoms in total. The van der Waals surface area contributed by atoms with Crippen molar-refractivity contribution in [3.63, 3.8) is 0 Å². The molecule has 0 spiro atoms. The second-order valence-corrected chi connectivity index (χ2v) is 5.03. The summed E-state index contributed by atoms with van der Waals surface area (Å²) in [5, 5.41) is 8.00. The summed E-state index contributed by atoms with van der Waals surface area (Å²) in [4.78, 5) is 14.1. The quantitative estimate of drug-likeness (QED) is 0.846. The molecule has 0 bridgehead atoms. The van der Waals surface area contributed by atoms with Crippen molar-refractivity contribution in [3.05, 3.63) is 35.6 Å². The lowest BCUT2D eigenvalue weighted by Crippen LogP contribution is -2.43. The first kappa shape index (κ1) is 12.9. The lowest BCUT2D eigenvalue weighted by Gasteiger charge is -2.33. The van der Waals surface area contributed by atoms with Crippen molar-refractivity contribution < 1.29 is 9.53 Å². The lowest BCUT2D eigenvalue weighted by molar-refractivity contribution is -0.119. The maximum atomic E-state index is 12.4. The Kier molecular flexibility index (Phi) is 3.31. The number of para-hydroxylation sites is 1. The molecule has 1 atom stereocenters. The Hall–Kier alpha value is -2.08. The fourth-order valence-corrected chi connectivity index (χ4v) is 2.41. The third-order valence-corrected chi connectivity index (χ3v) is 3.36. The third kappa shape index (κ3) is 2.34. The Morgan fingerprint density at radius 2 is 2.40 bits per heavy atom. The molecule has 1 aromatic carbocycles. The molecule has 0 aliphatic carbocycles. The van der Waals surface area contributed by atoms with Crippen LogP contribution in [0.3, 0.4) is 0 Å². The second-order valence-electron chi connectivity index (χ2n) is 4.62. The number of anilines is 1. The molecule has 3 rings (SSSR count). The van der Waals surface area contributed by atoms with Gasteiger partial charge in [-0.25, -0.2) is 4.68 Å². The van der Waals surface area contributed by atoms with E-state index in [-0.39, 0.29) is 18.6 Å². The van der Waals surface area contributed by atoms with Gasteiger partial charge in [-0.3, -0.25) is 4.79 Å². The van der Waals surface area contributed by atoms with E-state index in [1.807, 2.05) is 13.0 Å². The van der Waals surface area contributed by atoms with Crippen molar-refractivity contribution in [1.29, 1.82) is 0 Å². The van der Waals surface area contributed by atoms with Crippen LogP contribution in [-0.4, -0.2) is 33.5 Å². The summed E-state index contributed by atoms with van der Waals surface area (Å²) in [5.74, 6) is 0.481. The standard InChI is InChI=1S/C13H13ClN4O2/c1-9-7-18(12(19)8-17-6-5-15-16-17)11-4-2-3-10(14)13(11)20-9/h2-6,9H,7-8H2,1H3. The number of rotatable bonds is 2. The van der Waals surface area contributed by atoms with Crippen LogP contribution in [0.1, 0.15) is 6.92 Å². The number of benzene rings is 1. The summed E-state index contributed by atoms with van der Waals surface area (Å²) < 4.78 is 7.21. The average Bonchev–Trinajstić information content (AvgIpc) is 2.92. The number of carbonyl (C=O) groups excluding carboxylic acids is 1. The number of hydrogen-bond acceptors (Lipinski definition) is 4. The summed E-state index contributed by atoms with van der Waals surface area (Å²) in [6.07, 6.45) is 3.09. The second kappa shape index (κ2) is 5.13. The normalized spacial score (nSPS) is 17.5. The maximum absolute atomic E-state index is 12.4. The zero-order chi connectivity index (χ0) is 14.1. The van der Waals surface area contributed by atoms with Gasteiger partial charge < -0.3 is 9.64 Å². The monoisotopic (exact) mass is 292 g/mol. The molecule has 0 fully saturated rings. The van der Waals surface area contributed by atoms with Crippen molar-refractivity contribution in [2.45, 2.75) is 19.6 Å². The van der Waals surface area contributed by atoms with Gasteiger partial charge in [0.15, 0.2) is 5.75 Å². The maximum Gasteiger partial charge on any atom is 0.249 e. The molecule has 1 amide bonds. The minimum absolute atomic E-state index is 0.0748. The van der Waals surface area contributed by atoms with Crippen molar-refractivity contribution >= 4 is 23.2 Å². The van der Waals surface area contributed by atoms with Crippen LogP contribution in [-0.2, 0) is 11.3 Å². The van der Waals surface area contributed by atoms with Gasteiger partial charge in [-0.05, 0) is 19.1 Å². The van der Waals surface area contributed by atoms with Crippen LogP contribution >= 0.6 is 11.6 Å². The van der Waals surface area contributed by atoms with E-state index in [1.54, 1.807) is 29.4 Å². The predicted octanol–water partition coefficient (Wildman–Crippen LogP) is 1.75. The third-order valence-electron chi connectivity index (χ3n) is 3.07. The fourth-order valence-electron chi connectivity index (χ4n) is 2.20. The molecule has 0 N–H and O–H groups in total. The zero-order valence-corrected chi connectivity index (χ0v) is 11.6. The molecule has 0 saturated carbocycles. The first-order valence-electron chi connectivity index (χ1n) is 6.25. The van der Waals surface area contributed by atoms with Crippen LogP contribution in [0.2, 0.25) is 5.02 Å². The Labute approximate surface area is 120 Å². The summed E-state index contributed by atoms with van der Waals surface area (Å²) in [5.41, 5.74) is 0.695. The van der Waals surface area contributed by atoms with E-state index in [4.69, 9.17) is 16.3 Å². The summed E-state index contributed by atoms with van der Waals surface area (Å²) in [7, 11) is 0. The number of halogens is 1. The van der Waals surface area contributed by atoms with Crippen molar-refractivity contribution in [2.24, 2.45) is 0 Å². The average molecular weight is 293 g/mol. The number of aromatic nitrogens is 3. The minimum atomic E-state index is -0.109. The fraction of sp³-hybridized carbons (Fsp3) is 0.308. The molecule has 2 aromatic rings. The summed E-state index contributed by atoms with van der Waals surface area (Å²) in [6.45, 7) is 2.53.